The molecule has 0 unspecified atom stereocenters. The number of unbranched alkanes of at least 4 members (excludes halogenated alkanes) is 1. The lowest BCUT2D eigenvalue weighted by molar-refractivity contribution is 0.0624. The zero-order valence-corrected chi connectivity index (χ0v) is 17.9. The highest BCUT2D eigenvalue weighted by atomic mass is 16.5. The summed E-state index contributed by atoms with van der Waals surface area (Å²) in [5.41, 5.74) is 2.91. The van der Waals surface area contributed by atoms with E-state index in [-0.39, 0.29) is 5.91 Å². The summed E-state index contributed by atoms with van der Waals surface area (Å²) in [7, 11) is 2.07. The van der Waals surface area contributed by atoms with Crippen LogP contribution < -0.4 is 4.74 Å². The van der Waals surface area contributed by atoms with E-state index in [0.29, 0.717) is 0 Å². The Morgan fingerprint density at radius 3 is 2.47 bits per heavy atom. The van der Waals surface area contributed by atoms with E-state index in [9.17, 15) is 4.79 Å². The first-order chi connectivity index (χ1) is 14.7. The number of imidazole rings is 1. The van der Waals surface area contributed by atoms with Gasteiger partial charge in [-0.1, -0.05) is 25.5 Å². The smallest absolute Gasteiger partial charge is 0.253 e. The molecule has 0 aliphatic carbocycles. The summed E-state index contributed by atoms with van der Waals surface area (Å²) in [4.78, 5) is 21.9. The number of carbonyl (C=O) groups is 1. The van der Waals surface area contributed by atoms with E-state index in [1.54, 1.807) is 0 Å². The first-order valence-electron chi connectivity index (χ1n) is 10.8. The summed E-state index contributed by atoms with van der Waals surface area (Å²) >= 11 is 0. The minimum Gasteiger partial charge on any atom is -0.494 e. The number of benzene rings is 2. The van der Waals surface area contributed by atoms with E-state index in [4.69, 9.17) is 9.72 Å². The Balaban J connectivity index is 1.31. The van der Waals surface area contributed by atoms with Gasteiger partial charge < -0.3 is 14.2 Å². The van der Waals surface area contributed by atoms with Crippen molar-refractivity contribution in [2.75, 3.05) is 32.8 Å². The molecule has 6 nitrogen and oxygen atoms in total. The maximum absolute atomic E-state index is 12.9. The molecule has 4 rings (SSSR count). The first-order valence-corrected chi connectivity index (χ1v) is 10.8. The average Bonchev–Trinajstić information content (AvgIpc) is 3.10. The molecule has 1 aromatic heterocycles. The van der Waals surface area contributed by atoms with Gasteiger partial charge in [0.1, 0.15) is 11.6 Å². The van der Waals surface area contributed by atoms with Crippen molar-refractivity contribution in [3.63, 3.8) is 0 Å². The van der Waals surface area contributed by atoms with Crippen molar-refractivity contribution in [1.29, 1.82) is 0 Å². The molecule has 0 spiro atoms. The van der Waals surface area contributed by atoms with Crippen LogP contribution in [0.25, 0.3) is 11.0 Å². The molecule has 3 aromatic rings. The second-order valence-electron chi connectivity index (χ2n) is 7.87. The fraction of sp³-hybridized carbons (Fsp3) is 0.417. The van der Waals surface area contributed by atoms with Gasteiger partial charge in [-0.05, 0) is 42.8 Å². The van der Waals surface area contributed by atoms with Gasteiger partial charge in [0, 0.05) is 38.8 Å². The third-order valence-corrected chi connectivity index (χ3v) is 5.77. The fourth-order valence-electron chi connectivity index (χ4n) is 3.86. The number of fused-ring (bicyclic) bond motifs is 1. The van der Waals surface area contributed by atoms with E-state index in [0.717, 1.165) is 80.3 Å². The van der Waals surface area contributed by atoms with Crippen LogP contribution in [-0.2, 0) is 13.6 Å². The van der Waals surface area contributed by atoms with Crippen LogP contribution in [-0.4, -0.2) is 58.0 Å². The van der Waals surface area contributed by atoms with Crippen LogP contribution in [0.4, 0.5) is 0 Å². The highest BCUT2D eigenvalue weighted by molar-refractivity contribution is 5.94. The lowest BCUT2D eigenvalue weighted by Crippen LogP contribution is -2.48. The number of rotatable bonds is 7. The highest BCUT2D eigenvalue weighted by Gasteiger charge is 2.23. The van der Waals surface area contributed by atoms with Gasteiger partial charge in [0.15, 0.2) is 0 Å². The molecule has 2 aromatic carbocycles. The number of nitrogens with zero attached hydrogens (tertiary/aromatic N) is 4. The molecule has 0 N–H and O–H groups in total. The van der Waals surface area contributed by atoms with Gasteiger partial charge in [-0.25, -0.2) is 4.98 Å². The fourth-order valence-corrected chi connectivity index (χ4v) is 3.86. The zero-order chi connectivity index (χ0) is 20.9. The molecule has 1 saturated heterocycles. The maximum atomic E-state index is 12.9. The zero-order valence-electron chi connectivity index (χ0n) is 17.9. The van der Waals surface area contributed by atoms with Crippen LogP contribution in [0.2, 0.25) is 0 Å². The Morgan fingerprint density at radius 2 is 1.77 bits per heavy atom. The molecule has 0 atom stereocenters. The lowest BCUT2D eigenvalue weighted by atomic mass is 10.1. The van der Waals surface area contributed by atoms with Gasteiger partial charge in [0.2, 0.25) is 0 Å². The van der Waals surface area contributed by atoms with Gasteiger partial charge in [0.25, 0.3) is 5.91 Å². The van der Waals surface area contributed by atoms with Crippen LogP contribution in [0.15, 0.2) is 48.5 Å². The Labute approximate surface area is 178 Å². The molecular weight excluding hydrogens is 376 g/mol. The number of aryl methyl sites for hydroxylation is 1. The Hall–Kier alpha value is -2.86. The molecule has 1 amide bonds. The van der Waals surface area contributed by atoms with Crippen LogP contribution in [0.1, 0.15) is 35.9 Å². The number of aromatic nitrogens is 2. The first kappa shape index (κ1) is 20.4. The Bertz CT molecular complexity index is 988. The molecule has 1 aliphatic heterocycles. The number of carbonyl (C=O) groups excluding carboxylic acids is 1. The molecular formula is C24H30N4O2. The predicted molar refractivity (Wildman–Crippen MR) is 119 cm³/mol. The third-order valence-electron chi connectivity index (χ3n) is 5.77. The van der Waals surface area contributed by atoms with Crippen molar-refractivity contribution in [3.05, 3.63) is 59.9 Å². The maximum Gasteiger partial charge on any atom is 0.253 e. The van der Waals surface area contributed by atoms with Crippen LogP contribution in [0, 0.1) is 0 Å². The second-order valence-corrected chi connectivity index (χ2v) is 7.87. The summed E-state index contributed by atoms with van der Waals surface area (Å²) < 4.78 is 7.85. The van der Waals surface area contributed by atoms with E-state index < -0.39 is 0 Å². The third kappa shape index (κ3) is 4.49. The molecule has 6 heteroatoms. The summed E-state index contributed by atoms with van der Waals surface area (Å²) in [5, 5.41) is 0. The van der Waals surface area contributed by atoms with E-state index in [1.165, 1.54) is 0 Å². The topological polar surface area (TPSA) is 50.6 Å². The van der Waals surface area contributed by atoms with Gasteiger partial charge in [-0.3, -0.25) is 9.69 Å². The van der Waals surface area contributed by atoms with E-state index >= 15 is 0 Å². The van der Waals surface area contributed by atoms with Crippen LogP contribution in [0.3, 0.4) is 0 Å². The lowest BCUT2D eigenvalue weighted by Gasteiger charge is -2.34. The molecule has 30 heavy (non-hydrogen) atoms. The van der Waals surface area contributed by atoms with Gasteiger partial charge in [0.05, 0.1) is 24.2 Å². The molecule has 158 valence electrons. The SMILES string of the molecule is CCCCOc1ccc(C(=O)N2CCN(Cc3nc4ccccc4n3C)CC2)cc1. The van der Waals surface area contributed by atoms with Crippen molar-refractivity contribution in [2.45, 2.75) is 26.3 Å². The molecule has 0 bridgehead atoms. The van der Waals surface area contributed by atoms with Gasteiger partial charge in [-0.2, -0.15) is 0 Å². The van der Waals surface area contributed by atoms with Crippen LogP contribution >= 0.6 is 0 Å². The minimum absolute atomic E-state index is 0.0949. The van der Waals surface area contributed by atoms with Gasteiger partial charge >= 0.3 is 0 Å². The normalized spacial score (nSPS) is 14.9. The molecule has 0 radical (unpaired) electrons. The molecule has 0 saturated carbocycles. The van der Waals surface area contributed by atoms with Crippen molar-refractivity contribution >= 4 is 16.9 Å². The Kier molecular flexibility index (Phi) is 6.33. The largest absolute Gasteiger partial charge is 0.494 e. The number of piperazine rings is 1. The summed E-state index contributed by atoms with van der Waals surface area (Å²) in [6.07, 6.45) is 2.15. The van der Waals surface area contributed by atoms with Crippen LogP contribution in [0.5, 0.6) is 5.75 Å². The number of hydrogen-bond donors (Lipinski definition) is 0. The number of para-hydroxylation sites is 2. The summed E-state index contributed by atoms with van der Waals surface area (Å²) in [5.74, 6) is 1.99. The van der Waals surface area contributed by atoms with Crippen molar-refractivity contribution in [3.8, 4) is 5.75 Å². The second kappa shape index (κ2) is 9.30. The molecule has 1 fully saturated rings. The van der Waals surface area contributed by atoms with Crippen molar-refractivity contribution in [1.82, 2.24) is 19.4 Å². The minimum atomic E-state index is 0.0949. The monoisotopic (exact) mass is 406 g/mol. The average molecular weight is 407 g/mol. The number of ether oxygens (including phenoxy) is 1. The van der Waals surface area contributed by atoms with E-state index in [2.05, 4.69) is 35.6 Å². The summed E-state index contributed by atoms with van der Waals surface area (Å²) in [6.45, 7) is 6.84. The number of hydrogen-bond acceptors (Lipinski definition) is 4. The van der Waals surface area contributed by atoms with E-state index in [1.807, 2.05) is 41.3 Å². The standard InChI is InChI=1S/C24H30N4O2/c1-3-4-17-30-20-11-9-19(10-12-20)24(29)28-15-13-27(14-16-28)18-23-25-21-7-5-6-8-22(21)26(23)2/h5-12H,3-4,13-18H2,1-2H3. The van der Waals surface area contributed by atoms with Crippen molar-refractivity contribution in [2.24, 2.45) is 7.05 Å². The quantitative estimate of drug-likeness (QED) is 0.561. The van der Waals surface area contributed by atoms with Gasteiger partial charge in [-0.15, -0.1) is 0 Å². The molecule has 2 heterocycles. The molecule has 1 aliphatic rings. The predicted octanol–water partition coefficient (Wildman–Crippen LogP) is 3.71. The number of amides is 1. The Morgan fingerprint density at radius 1 is 1.03 bits per heavy atom. The highest BCUT2D eigenvalue weighted by Crippen LogP contribution is 2.18. The van der Waals surface area contributed by atoms with Crippen molar-refractivity contribution < 1.29 is 9.53 Å². The summed E-state index contributed by atoms with van der Waals surface area (Å²) in [6, 6.07) is 15.7.